The third-order valence-corrected chi connectivity index (χ3v) is 5.88. The molecule has 23 heavy (non-hydrogen) atoms. The van der Waals surface area contributed by atoms with E-state index in [2.05, 4.69) is 39.4 Å². The minimum Gasteiger partial charge on any atom is -0.495 e. The Hall–Kier alpha value is -0.630. The fraction of sp³-hybridized carbons (Fsp3) is 0.625. The SMILES string of the molecule is CCN(CC)CCC[C@H](C)NS(=O)(=O)c1cc(Br)ccc1OC. The first kappa shape index (κ1) is 20.4. The van der Waals surface area contributed by atoms with Gasteiger partial charge in [-0.05, 0) is 57.6 Å². The maximum atomic E-state index is 12.6. The van der Waals surface area contributed by atoms with Gasteiger partial charge in [-0.3, -0.25) is 0 Å². The monoisotopic (exact) mass is 406 g/mol. The Labute approximate surface area is 148 Å². The zero-order valence-electron chi connectivity index (χ0n) is 14.3. The topological polar surface area (TPSA) is 58.6 Å². The number of nitrogens with zero attached hydrogens (tertiary/aromatic N) is 1. The van der Waals surface area contributed by atoms with E-state index in [-0.39, 0.29) is 10.9 Å². The number of halogens is 1. The van der Waals surface area contributed by atoms with E-state index in [4.69, 9.17) is 4.74 Å². The molecule has 132 valence electrons. The van der Waals surface area contributed by atoms with Crippen LogP contribution in [0.1, 0.15) is 33.6 Å². The summed E-state index contributed by atoms with van der Waals surface area (Å²) in [6, 6.07) is 4.83. The van der Waals surface area contributed by atoms with Gasteiger partial charge in [0.15, 0.2) is 0 Å². The summed E-state index contributed by atoms with van der Waals surface area (Å²) in [5, 5.41) is 0. The summed E-state index contributed by atoms with van der Waals surface area (Å²) in [5.41, 5.74) is 0. The van der Waals surface area contributed by atoms with E-state index in [1.807, 2.05) is 6.92 Å². The van der Waals surface area contributed by atoms with Crippen molar-refractivity contribution in [1.82, 2.24) is 9.62 Å². The van der Waals surface area contributed by atoms with Crippen molar-refractivity contribution < 1.29 is 13.2 Å². The van der Waals surface area contributed by atoms with E-state index in [0.717, 1.165) is 32.5 Å². The molecule has 0 aliphatic heterocycles. The van der Waals surface area contributed by atoms with Gasteiger partial charge < -0.3 is 9.64 Å². The molecule has 0 aliphatic carbocycles. The van der Waals surface area contributed by atoms with E-state index < -0.39 is 10.0 Å². The van der Waals surface area contributed by atoms with Gasteiger partial charge in [0.2, 0.25) is 10.0 Å². The summed E-state index contributed by atoms with van der Waals surface area (Å²) < 4.78 is 33.7. The lowest BCUT2D eigenvalue weighted by Gasteiger charge is -2.20. The molecule has 0 saturated heterocycles. The molecule has 0 fully saturated rings. The molecule has 5 nitrogen and oxygen atoms in total. The Morgan fingerprint density at radius 1 is 1.30 bits per heavy atom. The fourth-order valence-electron chi connectivity index (χ4n) is 2.41. The summed E-state index contributed by atoms with van der Waals surface area (Å²) in [4.78, 5) is 2.49. The van der Waals surface area contributed by atoms with Gasteiger partial charge in [0.1, 0.15) is 10.6 Å². The van der Waals surface area contributed by atoms with Crippen molar-refractivity contribution in [2.45, 2.75) is 44.6 Å². The second-order valence-corrected chi connectivity index (χ2v) is 8.08. The van der Waals surface area contributed by atoms with Gasteiger partial charge in [-0.15, -0.1) is 0 Å². The lowest BCUT2D eigenvalue weighted by molar-refractivity contribution is 0.293. The van der Waals surface area contributed by atoms with E-state index in [0.29, 0.717) is 10.2 Å². The van der Waals surface area contributed by atoms with Crippen LogP contribution >= 0.6 is 15.9 Å². The van der Waals surface area contributed by atoms with Crippen molar-refractivity contribution in [2.75, 3.05) is 26.7 Å². The highest BCUT2D eigenvalue weighted by molar-refractivity contribution is 9.10. The fourth-order valence-corrected chi connectivity index (χ4v) is 4.39. The lowest BCUT2D eigenvalue weighted by Crippen LogP contribution is -2.34. The van der Waals surface area contributed by atoms with E-state index in [1.165, 1.54) is 7.11 Å². The van der Waals surface area contributed by atoms with Gasteiger partial charge >= 0.3 is 0 Å². The van der Waals surface area contributed by atoms with Crippen molar-refractivity contribution in [3.8, 4) is 5.75 Å². The minimum atomic E-state index is -3.61. The highest BCUT2D eigenvalue weighted by Crippen LogP contribution is 2.27. The normalized spacial score (nSPS) is 13.3. The maximum Gasteiger partial charge on any atom is 0.244 e. The molecular formula is C16H27BrN2O3S. The van der Waals surface area contributed by atoms with E-state index in [9.17, 15) is 8.42 Å². The van der Waals surface area contributed by atoms with Crippen LogP contribution in [0, 0.1) is 0 Å². The van der Waals surface area contributed by atoms with Crippen LogP contribution in [0.2, 0.25) is 0 Å². The van der Waals surface area contributed by atoms with Crippen molar-refractivity contribution in [3.63, 3.8) is 0 Å². The Balaban J connectivity index is 2.69. The third kappa shape index (κ3) is 6.41. The minimum absolute atomic E-state index is 0.126. The summed E-state index contributed by atoms with van der Waals surface area (Å²) in [5.74, 6) is 0.344. The molecule has 1 aromatic carbocycles. The molecule has 0 bridgehead atoms. The number of sulfonamides is 1. The Morgan fingerprint density at radius 2 is 1.96 bits per heavy atom. The predicted octanol–water partition coefficient (Wildman–Crippen LogP) is 3.25. The molecule has 1 aromatic rings. The van der Waals surface area contributed by atoms with Crippen molar-refractivity contribution in [2.24, 2.45) is 0 Å². The van der Waals surface area contributed by atoms with E-state index in [1.54, 1.807) is 18.2 Å². The number of methoxy groups -OCH3 is 1. The average molecular weight is 407 g/mol. The Morgan fingerprint density at radius 3 is 2.52 bits per heavy atom. The molecular weight excluding hydrogens is 380 g/mol. The summed E-state index contributed by atoms with van der Waals surface area (Å²) in [6.45, 7) is 9.19. The quantitative estimate of drug-likeness (QED) is 0.647. The highest BCUT2D eigenvalue weighted by atomic mass is 79.9. The van der Waals surface area contributed by atoms with Gasteiger partial charge in [-0.2, -0.15) is 0 Å². The largest absolute Gasteiger partial charge is 0.495 e. The number of ether oxygens (including phenoxy) is 1. The Kier molecular flexibility index (Phi) is 8.53. The molecule has 0 aromatic heterocycles. The molecule has 0 saturated carbocycles. The van der Waals surface area contributed by atoms with Gasteiger partial charge in [0, 0.05) is 10.5 Å². The molecule has 0 aliphatic rings. The van der Waals surface area contributed by atoms with Crippen LogP contribution in [0.15, 0.2) is 27.6 Å². The second kappa shape index (κ2) is 9.61. The molecule has 0 heterocycles. The van der Waals surface area contributed by atoms with Gasteiger partial charge in [0.25, 0.3) is 0 Å². The molecule has 0 unspecified atom stereocenters. The zero-order valence-corrected chi connectivity index (χ0v) is 16.7. The molecule has 0 spiro atoms. The molecule has 0 amide bonds. The van der Waals surface area contributed by atoms with Crippen LogP contribution in [0.5, 0.6) is 5.75 Å². The summed E-state index contributed by atoms with van der Waals surface area (Å²) in [6.07, 6.45) is 1.76. The highest BCUT2D eigenvalue weighted by Gasteiger charge is 2.22. The molecule has 7 heteroatoms. The average Bonchev–Trinajstić information content (AvgIpc) is 2.51. The summed E-state index contributed by atoms with van der Waals surface area (Å²) >= 11 is 3.30. The van der Waals surface area contributed by atoms with Crippen LogP contribution in [-0.2, 0) is 10.0 Å². The number of benzene rings is 1. The first-order valence-electron chi connectivity index (χ1n) is 7.92. The van der Waals surface area contributed by atoms with E-state index >= 15 is 0 Å². The zero-order chi connectivity index (χ0) is 17.5. The van der Waals surface area contributed by atoms with Crippen molar-refractivity contribution in [1.29, 1.82) is 0 Å². The number of hydrogen-bond donors (Lipinski definition) is 1. The maximum absolute atomic E-state index is 12.6. The second-order valence-electron chi connectivity index (χ2n) is 5.49. The van der Waals surface area contributed by atoms with Crippen LogP contribution < -0.4 is 9.46 Å². The lowest BCUT2D eigenvalue weighted by atomic mass is 10.2. The molecule has 1 atom stereocenters. The first-order valence-corrected chi connectivity index (χ1v) is 10.2. The van der Waals surface area contributed by atoms with Crippen LogP contribution in [0.3, 0.4) is 0 Å². The summed E-state index contributed by atoms with van der Waals surface area (Å²) in [7, 11) is -2.14. The van der Waals surface area contributed by atoms with Gasteiger partial charge in [0.05, 0.1) is 7.11 Å². The van der Waals surface area contributed by atoms with Crippen LogP contribution in [0.4, 0.5) is 0 Å². The smallest absolute Gasteiger partial charge is 0.244 e. The van der Waals surface area contributed by atoms with Gasteiger partial charge in [-0.1, -0.05) is 29.8 Å². The standard InChI is InChI=1S/C16H27BrN2O3S/c1-5-19(6-2)11-7-8-13(3)18-23(20,21)16-12-14(17)9-10-15(16)22-4/h9-10,12-13,18H,5-8,11H2,1-4H3/t13-/m0/s1. The number of nitrogens with one attached hydrogen (secondary N) is 1. The predicted molar refractivity (Wildman–Crippen MR) is 97.5 cm³/mol. The van der Waals surface area contributed by atoms with Crippen molar-refractivity contribution >= 4 is 26.0 Å². The molecule has 0 radical (unpaired) electrons. The molecule has 1 rings (SSSR count). The van der Waals surface area contributed by atoms with Gasteiger partial charge in [-0.25, -0.2) is 13.1 Å². The number of rotatable bonds is 10. The van der Waals surface area contributed by atoms with Crippen molar-refractivity contribution in [3.05, 3.63) is 22.7 Å². The molecule has 1 N–H and O–H groups in total. The Bertz CT molecular complexity index is 589. The number of hydrogen-bond acceptors (Lipinski definition) is 4. The first-order chi connectivity index (χ1) is 10.8. The third-order valence-electron chi connectivity index (χ3n) is 3.78. The van der Waals surface area contributed by atoms with Crippen LogP contribution in [-0.4, -0.2) is 46.1 Å². The van der Waals surface area contributed by atoms with Crippen LogP contribution in [0.25, 0.3) is 0 Å².